The number of nitrogens with one attached hydrogen (secondary N) is 1. The van der Waals surface area contributed by atoms with Crippen molar-refractivity contribution in [1.29, 1.82) is 0 Å². The van der Waals surface area contributed by atoms with Gasteiger partial charge in [0.05, 0.1) is 16.2 Å². The van der Waals surface area contributed by atoms with E-state index in [2.05, 4.69) is 9.99 Å². The summed E-state index contributed by atoms with van der Waals surface area (Å²) in [5, 5.41) is 16.3. The molecule has 0 saturated carbocycles. The molecular weight excluding hydrogens is 442 g/mol. The van der Waals surface area contributed by atoms with E-state index in [0.717, 1.165) is 35.1 Å². The number of rotatable bonds is 8. The summed E-state index contributed by atoms with van der Waals surface area (Å²) in [4.78, 5) is 21.2. The number of hydrogen-bond donors (Lipinski definition) is 2. The van der Waals surface area contributed by atoms with Gasteiger partial charge in [-0.15, -0.1) is 4.83 Å². The maximum Gasteiger partial charge on any atom is 0.253 e. The number of Topliss-reactive ketones (excluding diaryl/α,β-unsaturated/α-hetero) is 1. The van der Waals surface area contributed by atoms with E-state index in [4.69, 9.17) is 4.84 Å². The molecule has 1 atom stereocenters. The van der Waals surface area contributed by atoms with Gasteiger partial charge >= 0.3 is 0 Å². The Hall–Kier alpha value is -2.23. The number of carbonyl (C=O) groups is 1. The Labute approximate surface area is 196 Å². The van der Waals surface area contributed by atoms with Gasteiger partial charge in [-0.1, -0.05) is 12.1 Å². The van der Waals surface area contributed by atoms with Gasteiger partial charge in [0.1, 0.15) is 12.4 Å². The minimum atomic E-state index is -3.78. The molecule has 0 aromatic heterocycles. The van der Waals surface area contributed by atoms with Gasteiger partial charge in [-0.3, -0.25) is 4.79 Å². The van der Waals surface area contributed by atoms with Crippen LogP contribution in [0.5, 0.6) is 0 Å². The zero-order valence-electron chi connectivity index (χ0n) is 20.4. The summed E-state index contributed by atoms with van der Waals surface area (Å²) in [5.74, 6) is -0.503. The highest BCUT2D eigenvalue weighted by atomic mass is 32.2. The molecule has 0 heterocycles. The van der Waals surface area contributed by atoms with Crippen LogP contribution in [-0.2, 0) is 32.5 Å². The molecule has 0 amide bonds. The molecular formula is C24H35N3O5S. The van der Waals surface area contributed by atoms with Crippen LogP contribution in [0, 0.1) is 13.8 Å². The second kappa shape index (κ2) is 9.95. The number of ketones is 1. The molecule has 0 fully saturated rings. The van der Waals surface area contributed by atoms with E-state index in [1.54, 1.807) is 21.0 Å². The van der Waals surface area contributed by atoms with Gasteiger partial charge in [0.25, 0.3) is 10.0 Å². The molecule has 0 bridgehead atoms. The normalized spacial score (nSPS) is 19.4. The van der Waals surface area contributed by atoms with Crippen LogP contribution in [0.3, 0.4) is 0 Å². The number of sulfonamides is 1. The molecule has 8 nitrogen and oxygen atoms in total. The molecule has 0 aliphatic heterocycles. The standard InChI is InChI=1S/C24H35N3O5S/c1-7-19(25-32-8-2)23-20(28)12-16(13-21(23)29)22-14(3)17-10-9-11-18(17)24(15(22)4)33(30,31)26-27(5)6/h16,26,28H,7-13H2,1-6H3. The van der Waals surface area contributed by atoms with Crippen molar-refractivity contribution in [3.63, 3.8) is 0 Å². The van der Waals surface area contributed by atoms with Crippen LogP contribution in [-0.4, -0.2) is 50.7 Å². The smallest absolute Gasteiger partial charge is 0.253 e. The summed E-state index contributed by atoms with van der Waals surface area (Å²) in [6.07, 6.45) is 3.33. The molecule has 182 valence electrons. The highest BCUT2D eigenvalue weighted by Crippen LogP contribution is 2.43. The number of carbonyl (C=O) groups excluding carboxylic acids is 1. The SMILES string of the molecule is CCON=C(CC)C1=C(O)CC(c2c(C)c3c(c(S(=O)(=O)NN(C)C)c2C)CCC3)CC1=O. The fourth-order valence-corrected chi connectivity index (χ4v) is 6.95. The number of oxime groups is 1. The van der Waals surface area contributed by atoms with Crippen LogP contribution in [0.1, 0.15) is 73.3 Å². The van der Waals surface area contributed by atoms with Crippen LogP contribution in [0.2, 0.25) is 0 Å². The van der Waals surface area contributed by atoms with E-state index >= 15 is 0 Å². The highest BCUT2D eigenvalue weighted by molar-refractivity contribution is 7.89. The van der Waals surface area contributed by atoms with E-state index in [1.165, 1.54) is 5.01 Å². The second-order valence-electron chi connectivity index (χ2n) is 8.95. The van der Waals surface area contributed by atoms with Crippen LogP contribution in [0.15, 0.2) is 21.4 Å². The highest BCUT2D eigenvalue weighted by Gasteiger charge is 2.37. The largest absolute Gasteiger partial charge is 0.511 e. The van der Waals surface area contributed by atoms with Crippen LogP contribution in [0.4, 0.5) is 0 Å². The van der Waals surface area contributed by atoms with Crippen molar-refractivity contribution in [3.05, 3.63) is 39.1 Å². The third-order valence-electron chi connectivity index (χ3n) is 6.44. The molecule has 2 aliphatic carbocycles. The van der Waals surface area contributed by atoms with Gasteiger partial charge in [-0.2, -0.15) is 0 Å². The van der Waals surface area contributed by atoms with Gasteiger partial charge in [0, 0.05) is 26.9 Å². The Bertz CT molecular complexity index is 1120. The lowest BCUT2D eigenvalue weighted by molar-refractivity contribution is -0.116. The number of hydrogen-bond acceptors (Lipinski definition) is 7. The molecule has 1 aromatic carbocycles. The van der Waals surface area contributed by atoms with Gasteiger partial charge in [0.15, 0.2) is 5.78 Å². The summed E-state index contributed by atoms with van der Waals surface area (Å²) in [5.41, 5.74) is 5.17. The Morgan fingerprint density at radius 3 is 2.39 bits per heavy atom. The topological polar surface area (TPSA) is 108 Å². The minimum absolute atomic E-state index is 0.00771. The molecule has 1 unspecified atom stereocenters. The number of fused-ring (bicyclic) bond motifs is 1. The lowest BCUT2D eigenvalue weighted by atomic mass is 9.77. The molecule has 0 spiro atoms. The monoisotopic (exact) mass is 477 g/mol. The number of aliphatic hydroxyl groups excluding tert-OH is 1. The molecule has 0 saturated heterocycles. The van der Waals surface area contributed by atoms with Crippen molar-refractivity contribution in [2.24, 2.45) is 5.16 Å². The van der Waals surface area contributed by atoms with E-state index in [-0.39, 0.29) is 35.9 Å². The molecule has 9 heteroatoms. The summed E-state index contributed by atoms with van der Waals surface area (Å²) < 4.78 is 26.5. The number of benzene rings is 1. The Kier molecular flexibility index (Phi) is 7.65. The van der Waals surface area contributed by atoms with E-state index in [9.17, 15) is 18.3 Å². The van der Waals surface area contributed by atoms with Gasteiger partial charge in [0.2, 0.25) is 0 Å². The summed E-state index contributed by atoms with van der Waals surface area (Å²) in [6.45, 7) is 7.87. The first kappa shape index (κ1) is 25.4. The van der Waals surface area contributed by atoms with Crippen LogP contribution < -0.4 is 4.83 Å². The first-order chi connectivity index (χ1) is 15.5. The van der Waals surface area contributed by atoms with Gasteiger partial charge < -0.3 is 9.94 Å². The molecule has 2 aliphatic rings. The van der Waals surface area contributed by atoms with Crippen molar-refractivity contribution < 1.29 is 23.2 Å². The van der Waals surface area contributed by atoms with Gasteiger partial charge in [-0.25, -0.2) is 13.4 Å². The van der Waals surface area contributed by atoms with Crippen molar-refractivity contribution in [2.45, 2.75) is 77.0 Å². The Morgan fingerprint density at radius 1 is 1.15 bits per heavy atom. The van der Waals surface area contributed by atoms with Crippen molar-refractivity contribution in [3.8, 4) is 0 Å². The van der Waals surface area contributed by atoms with Crippen molar-refractivity contribution in [1.82, 2.24) is 9.84 Å². The average molecular weight is 478 g/mol. The minimum Gasteiger partial charge on any atom is -0.511 e. The predicted molar refractivity (Wildman–Crippen MR) is 128 cm³/mol. The van der Waals surface area contributed by atoms with E-state index in [1.807, 2.05) is 20.8 Å². The molecule has 3 rings (SSSR count). The molecule has 1 aromatic rings. The maximum atomic E-state index is 13.3. The maximum absolute atomic E-state index is 13.3. The fourth-order valence-electron chi connectivity index (χ4n) is 5.32. The van der Waals surface area contributed by atoms with Crippen molar-refractivity contribution >= 4 is 21.5 Å². The fraction of sp³-hybridized carbons (Fsp3) is 0.583. The third-order valence-corrected chi connectivity index (χ3v) is 8.13. The zero-order valence-corrected chi connectivity index (χ0v) is 21.2. The third kappa shape index (κ3) is 4.85. The molecule has 33 heavy (non-hydrogen) atoms. The molecule has 2 N–H and O–H groups in total. The van der Waals surface area contributed by atoms with E-state index in [0.29, 0.717) is 35.6 Å². The Balaban J connectivity index is 2.14. The van der Waals surface area contributed by atoms with Crippen molar-refractivity contribution in [2.75, 3.05) is 20.7 Å². The number of aliphatic hydroxyl groups is 1. The quantitative estimate of drug-likeness (QED) is 0.437. The first-order valence-electron chi connectivity index (χ1n) is 11.5. The number of hydrazine groups is 1. The number of nitrogens with zero attached hydrogens (tertiary/aromatic N) is 2. The Morgan fingerprint density at radius 2 is 1.82 bits per heavy atom. The van der Waals surface area contributed by atoms with E-state index < -0.39 is 10.0 Å². The second-order valence-corrected chi connectivity index (χ2v) is 10.5. The average Bonchev–Trinajstić information content (AvgIpc) is 3.18. The lowest BCUT2D eigenvalue weighted by Crippen LogP contribution is -2.37. The summed E-state index contributed by atoms with van der Waals surface area (Å²) in [6, 6.07) is 0. The molecule has 0 radical (unpaired) electrons. The first-order valence-corrected chi connectivity index (χ1v) is 13.0. The summed E-state index contributed by atoms with van der Waals surface area (Å²) >= 11 is 0. The predicted octanol–water partition coefficient (Wildman–Crippen LogP) is 3.61. The van der Waals surface area contributed by atoms with Crippen LogP contribution in [0.25, 0.3) is 0 Å². The summed E-state index contributed by atoms with van der Waals surface area (Å²) in [7, 11) is -0.497. The number of allylic oxidation sites excluding steroid dienone is 2. The van der Waals surface area contributed by atoms with Gasteiger partial charge in [-0.05, 0) is 80.2 Å². The van der Waals surface area contributed by atoms with Crippen LogP contribution >= 0.6 is 0 Å². The zero-order chi connectivity index (χ0) is 24.5. The lowest BCUT2D eigenvalue weighted by Gasteiger charge is -2.29.